The molecule has 0 radical (unpaired) electrons. The number of aryl methyl sites for hydroxylation is 2. The molecule has 0 saturated carbocycles. The molecule has 1 aromatic heterocycles. The van der Waals surface area contributed by atoms with E-state index in [1.54, 1.807) is 18.7 Å². The first-order valence-electron chi connectivity index (χ1n) is 8.36. The molecule has 2 aromatic rings. The number of nitrogens with one attached hydrogen (secondary N) is 1. The maximum absolute atomic E-state index is 11.9. The number of nitrogens with zero attached hydrogens (tertiary/aromatic N) is 2. The van der Waals surface area contributed by atoms with Gasteiger partial charge in [0, 0.05) is 57.1 Å². The van der Waals surface area contributed by atoms with Crippen molar-refractivity contribution in [3.63, 3.8) is 0 Å². The van der Waals surface area contributed by atoms with Crippen LogP contribution in [0, 0.1) is 6.92 Å². The second-order valence-corrected chi connectivity index (χ2v) is 6.38. The lowest BCUT2D eigenvalue weighted by atomic mass is 10.0. The largest absolute Gasteiger partial charge is 0.496 e. The Morgan fingerprint density at radius 1 is 1.17 bits per heavy atom. The van der Waals surface area contributed by atoms with E-state index in [1.807, 2.05) is 19.2 Å². The number of methoxy groups -OCH3 is 1. The van der Waals surface area contributed by atoms with Crippen molar-refractivity contribution in [2.45, 2.75) is 13.5 Å². The molecule has 1 aliphatic rings. The lowest BCUT2D eigenvalue weighted by Crippen LogP contribution is -2.42. The lowest BCUT2D eigenvalue weighted by Gasteiger charge is -2.27. The Hall–Kier alpha value is -2.11. The summed E-state index contributed by atoms with van der Waals surface area (Å²) in [6.45, 7) is 6.95. The highest BCUT2D eigenvalue weighted by Gasteiger charge is 2.14. The Balaban J connectivity index is 1.90. The molecule has 1 saturated heterocycles. The van der Waals surface area contributed by atoms with Crippen LogP contribution in [0.2, 0.25) is 0 Å². The molecule has 0 unspecified atom stereocenters. The smallest absolute Gasteiger partial charge is 0.253 e. The van der Waals surface area contributed by atoms with Crippen LogP contribution >= 0.6 is 0 Å². The molecule has 1 N–H and O–H groups in total. The summed E-state index contributed by atoms with van der Waals surface area (Å²) in [5.41, 5.74) is 4.08. The van der Waals surface area contributed by atoms with Crippen LogP contribution in [0.25, 0.3) is 11.1 Å². The van der Waals surface area contributed by atoms with Crippen LogP contribution in [0.1, 0.15) is 11.1 Å². The summed E-state index contributed by atoms with van der Waals surface area (Å²) in [5, 5.41) is 3.37. The van der Waals surface area contributed by atoms with Crippen LogP contribution in [0.5, 0.6) is 5.75 Å². The quantitative estimate of drug-likeness (QED) is 0.930. The van der Waals surface area contributed by atoms with Crippen molar-refractivity contribution in [3.8, 4) is 16.9 Å². The summed E-state index contributed by atoms with van der Waals surface area (Å²) in [6.07, 6.45) is 1.88. The van der Waals surface area contributed by atoms with Crippen molar-refractivity contribution in [2.75, 3.05) is 33.3 Å². The van der Waals surface area contributed by atoms with Gasteiger partial charge >= 0.3 is 0 Å². The molecule has 128 valence electrons. The molecule has 1 aliphatic heterocycles. The van der Waals surface area contributed by atoms with Crippen LogP contribution in [0.3, 0.4) is 0 Å². The minimum atomic E-state index is 0.0426. The first-order valence-corrected chi connectivity index (χ1v) is 8.36. The molecule has 1 fully saturated rings. The Labute approximate surface area is 142 Å². The number of aromatic nitrogens is 1. The number of hydrogen-bond acceptors (Lipinski definition) is 4. The third-order valence-electron chi connectivity index (χ3n) is 4.59. The lowest BCUT2D eigenvalue weighted by molar-refractivity contribution is 0.230. The maximum Gasteiger partial charge on any atom is 0.253 e. The molecular weight excluding hydrogens is 302 g/mol. The summed E-state index contributed by atoms with van der Waals surface area (Å²) in [6, 6.07) is 8.25. The van der Waals surface area contributed by atoms with Crippen molar-refractivity contribution >= 4 is 0 Å². The molecular formula is C19H25N3O2. The van der Waals surface area contributed by atoms with E-state index in [-0.39, 0.29) is 5.56 Å². The van der Waals surface area contributed by atoms with Crippen molar-refractivity contribution in [2.24, 2.45) is 7.05 Å². The van der Waals surface area contributed by atoms with E-state index in [4.69, 9.17) is 4.74 Å². The van der Waals surface area contributed by atoms with Gasteiger partial charge in [-0.1, -0.05) is 12.1 Å². The monoisotopic (exact) mass is 327 g/mol. The van der Waals surface area contributed by atoms with E-state index >= 15 is 0 Å². The molecule has 5 heteroatoms. The van der Waals surface area contributed by atoms with E-state index < -0.39 is 0 Å². The normalized spacial score (nSPS) is 15.5. The zero-order valence-electron chi connectivity index (χ0n) is 14.6. The Kier molecular flexibility index (Phi) is 5.02. The van der Waals surface area contributed by atoms with Crippen LogP contribution in [0.4, 0.5) is 0 Å². The predicted molar refractivity (Wildman–Crippen MR) is 96.6 cm³/mol. The number of hydrogen-bond donors (Lipinski definition) is 1. The second-order valence-electron chi connectivity index (χ2n) is 6.38. The Morgan fingerprint density at radius 2 is 1.92 bits per heavy atom. The SMILES string of the molecule is COc1cc(-c2cc(C)c(=O)n(C)c2)ccc1CN1CCNCC1. The zero-order chi connectivity index (χ0) is 17.1. The minimum absolute atomic E-state index is 0.0426. The molecule has 3 rings (SSSR count). The highest BCUT2D eigenvalue weighted by Crippen LogP contribution is 2.28. The van der Waals surface area contributed by atoms with E-state index in [0.29, 0.717) is 0 Å². The minimum Gasteiger partial charge on any atom is -0.496 e. The molecule has 0 amide bonds. The zero-order valence-corrected chi connectivity index (χ0v) is 14.6. The highest BCUT2D eigenvalue weighted by molar-refractivity contribution is 5.66. The summed E-state index contributed by atoms with van der Waals surface area (Å²) in [7, 11) is 3.50. The Morgan fingerprint density at radius 3 is 2.58 bits per heavy atom. The standard InChI is InChI=1S/C19H25N3O2/c1-14-10-17(12-21(2)19(14)23)15-4-5-16(18(11-15)24-3)13-22-8-6-20-7-9-22/h4-5,10-12,20H,6-9,13H2,1-3H3. The fourth-order valence-electron chi connectivity index (χ4n) is 3.20. The van der Waals surface area contributed by atoms with Gasteiger partial charge in [-0.25, -0.2) is 0 Å². The first kappa shape index (κ1) is 16.7. The molecule has 0 atom stereocenters. The number of pyridine rings is 1. The maximum atomic E-state index is 11.9. The van der Waals surface area contributed by atoms with E-state index in [2.05, 4.69) is 28.4 Å². The van der Waals surface area contributed by atoms with Crippen molar-refractivity contribution in [1.82, 2.24) is 14.8 Å². The van der Waals surface area contributed by atoms with Gasteiger partial charge in [-0.05, 0) is 30.2 Å². The number of piperazine rings is 1. The van der Waals surface area contributed by atoms with Gasteiger partial charge < -0.3 is 14.6 Å². The molecule has 1 aromatic carbocycles. The average molecular weight is 327 g/mol. The summed E-state index contributed by atoms with van der Waals surface area (Å²) in [5.74, 6) is 0.900. The molecule has 0 spiro atoms. The molecule has 24 heavy (non-hydrogen) atoms. The molecule has 2 heterocycles. The fourth-order valence-corrected chi connectivity index (χ4v) is 3.20. The van der Waals surface area contributed by atoms with Gasteiger partial charge in [0.25, 0.3) is 5.56 Å². The van der Waals surface area contributed by atoms with Gasteiger partial charge in [0.15, 0.2) is 0 Å². The van der Waals surface area contributed by atoms with Gasteiger partial charge in [-0.2, -0.15) is 0 Å². The molecule has 0 bridgehead atoms. The number of benzene rings is 1. The predicted octanol–water partition coefficient (Wildman–Crippen LogP) is 1.77. The van der Waals surface area contributed by atoms with Gasteiger partial charge in [0.1, 0.15) is 5.75 Å². The van der Waals surface area contributed by atoms with Crippen LogP contribution in [-0.2, 0) is 13.6 Å². The van der Waals surface area contributed by atoms with Crippen LogP contribution in [0.15, 0.2) is 35.3 Å². The third-order valence-corrected chi connectivity index (χ3v) is 4.59. The Bertz CT molecular complexity index is 750. The second kappa shape index (κ2) is 7.20. The van der Waals surface area contributed by atoms with E-state index in [9.17, 15) is 4.79 Å². The van der Waals surface area contributed by atoms with Crippen LogP contribution < -0.4 is 15.6 Å². The summed E-state index contributed by atoms with van der Waals surface area (Å²) >= 11 is 0. The third kappa shape index (κ3) is 3.52. The van der Waals surface area contributed by atoms with Crippen LogP contribution in [-0.4, -0.2) is 42.8 Å². The first-order chi connectivity index (χ1) is 11.6. The fraction of sp³-hybridized carbons (Fsp3) is 0.421. The molecule has 5 nitrogen and oxygen atoms in total. The van der Waals surface area contributed by atoms with Gasteiger partial charge in [-0.3, -0.25) is 9.69 Å². The van der Waals surface area contributed by atoms with E-state index in [1.165, 1.54) is 5.56 Å². The topological polar surface area (TPSA) is 46.5 Å². The number of rotatable bonds is 4. The summed E-state index contributed by atoms with van der Waals surface area (Å²) < 4.78 is 7.25. The average Bonchev–Trinajstić information content (AvgIpc) is 2.60. The van der Waals surface area contributed by atoms with Gasteiger partial charge in [-0.15, -0.1) is 0 Å². The van der Waals surface area contributed by atoms with Gasteiger partial charge in [0.05, 0.1) is 7.11 Å². The van der Waals surface area contributed by atoms with E-state index in [0.717, 1.165) is 55.2 Å². The van der Waals surface area contributed by atoms with Gasteiger partial charge in [0.2, 0.25) is 0 Å². The van der Waals surface area contributed by atoms with Crippen molar-refractivity contribution < 1.29 is 4.74 Å². The summed E-state index contributed by atoms with van der Waals surface area (Å²) in [4.78, 5) is 14.3. The number of ether oxygens (including phenoxy) is 1. The molecule has 0 aliphatic carbocycles. The highest BCUT2D eigenvalue weighted by atomic mass is 16.5. The van der Waals surface area contributed by atoms with Crippen molar-refractivity contribution in [1.29, 1.82) is 0 Å². The van der Waals surface area contributed by atoms with Crippen molar-refractivity contribution in [3.05, 3.63) is 51.9 Å².